The van der Waals surface area contributed by atoms with E-state index in [0.29, 0.717) is 6.54 Å². The molecule has 0 unspecified atom stereocenters. The molecule has 0 aliphatic carbocycles. The van der Waals surface area contributed by atoms with Crippen molar-refractivity contribution in [1.29, 1.82) is 0 Å². The third-order valence-corrected chi connectivity index (χ3v) is 2.96. The van der Waals surface area contributed by atoms with Crippen molar-refractivity contribution in [3.8, 4) is 0 Å². The van der Waals surface area contributed by atoms with Crippen LogP contribution < -0.4 is 5.73 Å². The SMILES string of the molecule is C=C(CN)c1cc(Br)cs1. The highest BCUT2D eigenvalue weighted by atomic mass is 79.9. The van der Waals surface area contributed by atoms with Gasteiger partial charge in [-0.2, -0.15) is 0 Å². The minimum Gasteiger partial charge on any atom is -0.326 e. The van der Waals surface area contributed by atoms with E-state index in [0.717, 1.165) is 14.9 Å². The topological polar surface area (TPSA) is 26.0 Å². The number of rotatable bonds is 2. The third-order valence-electron chi connectivity index (χ3n) is 1.16. The van der Waals surface area contributed by atoms with Crippen molar-refractivity contribution >= 4 is 32.8 Å². The Hall–Kier alpha value is -0.120. The van der Waals surface area contributed by atoms with Gasteiger partial charge in [-0.05, 0) is 27.6 Å². The van der Waals surface area contributed by atoms with Crippen LogP contribution in [0.4, 0.5) is 0 Å². The van der Waals surface area contributed by atoms with Crippen LogP contribution in [-0.4, -0.2) is 6.54 Å². The van der Waals surface area contributed by atoms with Crippen molar-refractivity contribution in [1.82, 2.24) is 0 Å². The molecule has 0 aromatic carbocycles. The molecule has 54 valence electrons. The summed E-state index contributed by atoms with van der Waals surface area (Å²) in [5.41, 5.74) is 6.40. The lowest BCUT2D eigenvalue weighted by Gasteiger charge is -1.94. The van der Waals surface area contributed by atoms with Crippen molar-refractivity contribution in [2.75, 3.05) is 6.54 Å². The van der Waals surface area contributed by atoms with E-state index in [9.17, 15) is 0 Å². The Morgan fingerprint density at radius 2 is 2.50 bits per heavy atom. The van der Waals surface area contributed by atoms with Gasteiger partial charge in [0.25, 0.3) is 0 Å². The molecule has 0 aliphatic rings. The van der Waals surface area contributed by atoms with Crippen LogP contribution in [0.3, 0.4) is 0 Å². The molecule has 0 spiro atoms. The second kappa shape index (κ2) is 3.32. The second-order valence-electron chi connectivity index (χ2n) is 1.94. The average molecular weight is 218 g/mol. The molecule has 0 saturated carbocycles. The summed E-state index contributed by atoms with van der Waals surface area (Å²) in [7, 11) is 0. The van der Waals surface area contributed by atoms with Gasteiger partial charge in [0.1, 0.15) is 0 Å². The molecule has 0 amide bonds. The lowest BCUT2D eigenvalue weighted by molar-refractivity contribution is 1.28. The third kappa shape index (κ3) is 1.68. The molecule has 1 aromatic rings. The second-order valence-corrected chi connectivity index (χ2v) is 3.76. The molecule has 2 N–H and O–H groups in total. The van der Waals surface area contributed by atoms with Crippen molar-refractivity contribution in [2.45, 2.75) is 0 Å². The quantitative estimate of drug-likeness (QED) is 0.810. The first-order chi connectivity index (χ1) is 4.74. The zero-order chi connectivity index (χ0) is 7.56. The Morgan fingerprint density at radius 3 is 2.90 bits per heavy atom. The van der Waals surface area contributed by atoms with Gasteiger partial charge in [-0.25, -0.2) is 0 Å². The first-order valence-corrected chi connectivity index (χ1v) is 4.53. The Kier molecular flexibility index (Phi) is 2.65. The largest absolute Gasteiger partial charge is 0.326 e. The van der Waals surface area contributed by atoms with Gasteiger partial charge < -0.3 is 5.73 Å². The maximum Gasteiger partial charge on any atom is 0.0320 e. The predicted molar refractivity (Wildman–Crippen MR) is 50.1 cm³/mol. The minimum atomic E-state index is 0.535. The van der Waals surface area contributed by atoms with Gasteiger partial charge in [-0.3, -0.25) is 0 Å². The molecule has 1 heterocycles. The lowest BCUT2D eigenvalue weighted by atomic mass is 10.2. The molecular formula is C7H8BrNS. The van der Waals surface area contributed by atoms with Crippen LogP contribution >= 0.6 is 27.3 Å². The maximum atomic E-state index is 5.41. The summed E-state index contributed by atoms with van der Waals surface area (Å²) in [6, 6.07) is 2.03. The Bertz CT molecular complexity index is 242. The average Bonchev–Trinajstić information content (AvgIpc) is 2.34. The Labute approximate surface area is 72.7 Å². The highest BCUT2D eigenvalue weighted by Gasteiger charge is 1.98. The van der Waals surface area contributed by atoms with Crippen LogP contribution in [0, 0.1) is 0 Å². The van der Waals surface area contributed by atoms with Crippen molar-refractivity contribution in [2.24, 2.45) is 5.73 Å². The van der Waals surface area contributed by atoms with E-state index in [1.54, 1.807) is 11.3 Å². The zero-order valence-electron chi connectivity index (χ0n) is 5.43. The van der Waals surface area contributed by atoms with Crippen molar-refractivity contribution in [3.63, 3.8) is 0 Å². The van der Waals surface area contributed by atoms with Gasteiger partial charge in [-0.1, -0.05) is 6.58 Å². The fourth-order valence-electron chi connectivity index (χ4n) is 0.599. The van der Waals surface area contributed by atoms with Crippen LogP contribution in [0.25, 0.3) is 5.57 Å². The molecule has 1 aromatic heterocycles. The van der Waals surface area contributed by atoms with E-state index in [1.807, 2.05) is 11.4 Å². The van der Waals surface area contributed by atoms with Crippen LogP contribution in [0.2, 0.25) is 0 Å². The van der Waals surface area contributed by atoms with Crippen molar-refractivity contribution in [3.05, 3.63) is 27.4 Å². The number of hydrogen-bond donors (Lipinski definition) is 1. The number of halogens is 1. The molecule has 0 atom stereocenters. The molecule has 0 aliphatic heterocycles. The van der Waals surface area contributed by atoms with Crippen molar-refractivity contribution < 1.29 is 0 Å². The molecule has 0 bridgehead atoms. The molecule has 0 radical (unpaired) electrons. The Morgan fingerprint density at radius 1 is 1.80 bits per heavy atom. The monoisotopic (exact) mass is 217 g/mol. The first-order valence-electron chi connectivity index (χ1n) is 2.86. The summed E-state index contributed by atoms with van der Waals surface area (Å²) >= 11 is 5.01. The minimum absolute atomic E-state index is 0.535. The highest BCUT2D eigenvalue weighted by molar-refractivity contribution is 9.10. The zero-order valence-corrected chi connectivity index (χ0v) is 7.83. The summed E-state index contributed by atoms with van der Waals surface area (Å²) in [6.07, 6.45) is 0. The molecular weight excluding hydrogens is 210 g/mol. The Balaban J connectivity index is 2.85. The van der Waals surface area contributed by atoms with Gasteiger partial charge in [-0.15, -0.1) is 11.3 Å². The molecule has 10 heavy (non-hydrogen) atoms. The standard InChI is InChI=1S/C7H8BrNS/c1-5(3-9)7-2-6(8)4-10-7/h2,4H,1,3,9H2. The smallest absolute Gasteiger partial charge is 0.0320 e. The van der Waals surface area contributed by atoms with Crippen LogP contribution in [0.15, 0.2) is 22.5 Å². The van der Waals surface area contributed by atoms with Gasteiger partial charge >= 0.3 is 0 Å². The fourth-order valence-corrected chi connectivity index (χ4v) is 2.01. The summed E-state index contributed by atoms with van der Waals surface area (Å²) < 4.78 is 1.10. The molecule has 1 rings (SSSR count). The molecule has 0 saturated heterocycles. The first kappa shape index (κ1) is 7.98. The predicted octanol–water partition coefficient (Wildman–Crippen LogP) is 2.48. The maximum absolute atomic E-state index is 5.41. The number of thiophene rings is 1. The number of nitrogens with two attached hydrogens (primary N) is 1. The van der Waals surface area contributed by atoms with Gasteiger partial charge in [0.2, 0.25) is 0 Å². The van der Waals surface area contributed by atoms with Crippen LogP contribution in [0.1, 0.15) is 4.88 Å². The molecule has 1 nitrogen and oxygen atoms in total. The molecule has 3 heteroatoms. The lowest BCUT2D eigenvalue weighted by Crippen LogP contribution is -1.98. The number of hydrogen-bond acceptors (Lipinski definition) is 2. The normalized spacial score (nSPS) is 9.80. The van der Waals surface area contributed by atoms with Crippen LogP contribution in [0.5, 0.6) is 0 Å². The van der Waals surface area contributed by atoms with Gasteiger partial charge in [0.15, 0.2) is 0 Å². The summed E-state index contributed by atoms with van der Waals surface area (Å²) in [5, 5.41) is 2.02. The van der Waals surface area contributed by atoms with E-state index in [2.05, 4.69) is 22.5 Å². The fraction of sp³-hybridized carbons (Fsp3) is 0.143. The summed E-state index contributed by atoms with van der Waals surface area (Å²) in [5.74, 6) is 0. The highest BCUT2D eigenvalue weighted by Crippen LogP contribution is 2.24. The van der Waals surface area contributed by atoms with Gasteiger partial charge in [0.05, 0.1) is 0 Å². The summed E-state index contributed by atoms with van der Waals surface area (Å²) in [4.78, 5) is 1.16. The van der Waals surface area contributed by atoms with E-state index in [1.165, 1.54) is 0 Å². The van der Waals surface area contributed by atoms with Gasteiger partial charge in [0, 0.05) is 21.3 Å². The van der Waals surface area contributed by atoms with E-state index < -0.39 is 0 Å². The van der Waals surface area contributed by atoms with E-state index in [-0.39, 0.29) is 0 Å². The summed E-state index contributed by atoms with van der Waals surface area (Å²) in [6.45, 7) is 4.36. The van der Waals surface area contributed by atoms with E-state index >= 15 is 0 Å². The van der Waals surface area contributed by atoms with E-state index in [4.69, 9.17) is 5.73 Å². The molecule has 0 fully saturated rings. The van der Waals surface area contributed by atoms with Crippen LogP contribution in [-0.2, 0) is 0 Å².